The third kappa shape index (κ3) is 4.82. The summed E-state index contributed by atoms with van der Waals surface area (Å²) in [6.07, 6.45) is -0.0699. The van der Waals surface area contributed by atoms with Gasteiger partial charge in [-0.3, -0.25) is 14.9 Å². The Bertz CT molecular complexity index is 934. The minimum atomic E-state index is -1.09. The summed E-state index contributed by atoms with van der Waals surface area (Å²) < 4.78 is 9.93. The fourth-order valence-electron chi connectivity index (χ4n) is 2.53. The van der Waals surface area contributed by atoms with Gasteiger partial charge in [0.1, 0.15) is 11.8 Å². The Morgan fingerprint density at radius 1 is 1.21 bits per heavy atom. The molecule has 2 aromatic rings. The second-order valence-electron chi connectivity index (χ2n) is 5.70. The molecule has 1 amide bonds. The molecule has 0 saturated heterocycles. The van der Waals surface area contributed by atoms with E-state index in [0.717, 1.165) is 0 Å². The third-order valence-corrected chi connectivity index (χ3v) is 3.97. The van der Waals surface area contributed by atoms with Gasteiger partial charge in [-0.1, -0.05) is 0 Å². The standard InChI is InChI=1S/C19H17N3O6/c1-27-17-8-7-15(22(25)26)9-14(17)10-16(19(24)28-2)21-18(23)13-5-3-12(11-20)4-6-13/h3-9,16H,10H2,1-2H3,(H,21,23)/t16-/m0/s1. The quantitative estimate of drug-likeness (QED) is 0.439. The van der Waals surface area contributed by atoms with E-state index in [-0.39, 0.29) is 17.7 Å². The first kappa shape index (κ1) is 20.4. The molecule has 0 fully saturated rings. The number of ether oxygens (including phenoxy) is 2. The zero-order chi connectivity index (χ0) is 20.7. The van der Waals surface area contributed by atoms with Gasteiger partial charge in [-0.15, -0.1) is 0 Å². The lowest BCUT2D eigenvalue weighted by Gasteiger charge is -2.18. The summed E-state index contributed by atoms with van der Waals surface area (Å²) in [7, 11) is 2.57. The minimum Gasteiger partial charge on any atom is -0.496 e. The molecule has 144 valence electrons. The molecular formula is C19H17N3O6. The lowest BCUT2D eigenvalue weighted by Crippen LogP contribution is -2.43. The number of carbonyl (C=O) groups is 2. The number of nitriles is 1. The molecule has 0 radical (unpaired) electrons. The van der Waals surface area contributed by atoms with Gasteiger partial charge in [0.25, 0.3) is 11.6 Å². The van der Waals surface area contributed by atoms with E-state index in [1.54, 1.807) is 0 Å². The highest BCUT2D eigenvalue weighted by Crippen LogP contribution is 2.25. The molecule has 2 rings (SSSR count). The van der Waals surface area contributed by atoms with Gasteiger partial charge in [0.2, 0.25) is 0 Å². The molecule has 0 unspecified atom stereocenters. The maximum atomic E-state index is 12.5. The number of carbonyl (C=O) groups excluding carboxylic acids is 2. The maximum Gasteiger partial charge on any atom is 0.328 e. The Morgan fingerprint density at radius 2 is 1.89 bits per heavy atom. The molecule has 0 aliphatic carbocycles. The Balaban J connectivity index is 2.28. The summed E-state index contributed by atoms with van der Waals surface area (Å²) in [5, 5.41) is 22.4. The lowest BCUT2D eigenvalue weighted by molar-refractivity contribution is -0.384. The molecule has 0 saturated carbocycles. The molecule has 9 heteroatoms. The zero-order valence-corrected chi connectivity index (χ0v) is 15.2. The van der Waals surface area contributed by atoms with Crippen LogP contribution in [0.4, 0.5) is 5.69 Å². The summed E-state index contributed by atoms with van der Waals surface area (Å²) in [6.45, 7) is 0. The first-order valence-corrected chi connectivity index (χ1v) is 8.09. The van der Waals surface area contributed by atoms with Gasteiger partial charge < -0.3 is 14.8 Å². The van der Waals surface area contributed by atoms with Crippen LogP contribution in [0.2, 0.25) is 0 Å². The van der Waals surface area contributed by atoms with E-state index in [0.29, 0.717) is 16.9 Å². The van der Waals surface area contributed by atoms with Crippen molar-refractivity contribution in [3.63, 3.8) is 0 Å². The van der Waals surface area contributed by atoms with Crippen LogP contribution < -0.4 is 10.1 Å². The van der Waals surface area contributed by atoms with Crippen LogP contribution in [0.25, 0.3) is 0 Å². The molecule has 0 heterocycles. The smallest absolute Gasteiger partial charge is 0.328 e. The summed E-state index contributed by atoms with van der Waals surface area (Å²) >= 11 is 0. The van der Waals surface area contributed by atoms with E-state index >= 15 is 0 Å². The van der Waals surface area contributed by atoms with Gasteiger partial charge in [0.15, 0.2) is 0 Å². The van der Waals surface area contributed by atoms with Crippen molar-refractivity contribution in [2.45, 2.75) is 12.5 Å². The highest BCUT2D eigenvalue weighted by atomic mass is 16.6. The Labute approximate surface area is 160 Å². The summed E-state index contributed by atoms with van der Waals surface area (Å²) in [4.78, 5) is 35.1. The first-order valence-electron chi connectivity index (χ1n) is 8.09. The molecule has 0 aliphatic heterocycles. The van der Waals surface area contributed by atoms with Crippen LogP contribution in [-0.2, 0) is 16.0 Å². The van der Waals surface area contributed by atoms with Gasteiger partial charge in [0.05, 0.1) is 30.8 Å². The molecule has 1 atom stereocenters. The van der Waals surface area contributed by atoms with Crippen molar-refractivity contribution >= 4 is 17.6 Å². The lowest BCUT2D eigenvalue weighted by atomic mass is 10.0. The van der Waals surface area contributed by atoms with Gasteiger partial charge in [-0.2, -0.15) is 5.26 Å². The van der Waals surface area contributed by atoms with E-state index < -0.39 is 22.8 Å². The highest BCUT2D eigenvalue weighted by Gasteiger charge is 2.25. The van der Waals surface area contributed by atoms with E-state index in [4.69, 9.17) is 14.7 Å². The first-order chi connectivity index (χ1) is 13.4. The number of non-ortho nitro benzene ring substituents is 1. The van der Waals surface area contributed by atoms with Gasteiger partial charge in [0, 0.05) is 29.7 Å². The number of amides is 1. The number of hydrogen-bond donors (Lipinski definition) is 1. The van der Waals surface area contributed by atoms with Crippen molar-refractivity contribution < 1.29 is 24.0 Å². The summed E-state index contributed by atoms with van der Waals surface area (Å²) in [5.74, 6) is -0.924. The van der Waals surface area contributed by atoms with Crippen LogP contribution in [0, 0.1) is 21.4 Å². The van der Waals surface area contributed by atoms with Crippen LogP contribution in [0.5, 0.6) is 5.75 Å². The average molecular weight is 383 g/mol. The average Bonchev–Trinajstić information content (AvgIpc) is 2.72. The molecular weight excluding hydrogens is 366 g/mol. The van der Waals surface area contributed by atoms with Crippen LogP contribution >= 0.6 is 0 Å². The topological polar surface area (TPSA) is 132 Å². The third-order valence-electron chi connectivity index (χ3n) is 3.97. The molecule has 2 aromatic carbocycles. The summed E-state index contributed by atoms with van der Waals surface area (Å²) in [5.41, 5.74) is 0.839. The number of nitro benzene ring substituents is 1. The second-order valence-corrected chi connectivity index (χ2v) is 5.70. The van der Waals surface area contributed by atoms with Crippen molar-refractivity contribution in [3.05, 3.63) is 69.3 Å². The SMILES string of the molecule is COC(=O)[C@H](Cc1cc([N+](=O)[O-])ccc1OC)NC(=O)c1ccc(C#N)cc1. The van der Waals surface area contributed by atoms with E-state index in [1.807, 2.05) is 6.07 Å². The van der Waals surface area contributed by atoms with Crippen molar-refractivity contribution in [2.24, 2.45) is 0 Å². The fourth-order valence-corrected chi connectivity index (χ4v) is 2.53. The zero-order valence-electron chi connectivity index (χ0n) is 15.2. The molecule has 0 spiro atoms. The monoisotopic (exact) mass is 383 g/mol. The predicted octanol–water partition coefficient (Wildman–Crippen LogP) is 1.99. The Hall–Kier alpha value is -3.93. The van der Waals surface area contributed by atoms with Gasteiger partial charge >= 0.3 is 5.97 Å². The Kier molecular flexibility index (Phi) is 6.65. The number of benzene rings is 2. The van der Waals surface area contributed by atoms with Crippen molar-refractivity contribution in [1.29, 1.82) is 5.26 Å². The molecule has 1 N–H and O–H groups in total. The van der Waals surface area contributed by atoms with Crippen LogP contribution in [0.15, 0.2) is 42.5 Å². The number of nitro groups is 1. The van der Waals surface area contributed by atoms with E-state index in [2.05, 4.69) is 5.32 Å². The van der Waals surface area contributed by atoms with Crippen LogP contribution in [0.1, 0.15) is 21.5 Å². The largest absolute Gasteiger partial charge is 0.496 e. The van der Waals surface area contributed by atoms with Crippen molar-refractivity contribution in [2.75, 3.05) is 14.2 Å². The highest BCUT2D eigenvalue weighted by molar-refractivity contribution is 5.97. The number of esters is 1. The maximum absolute atomic E-state index is 12.5. The van der Waals surface area contributed by atoms with Crippen molar-refractivity contribution in [1.82, 2.24) is 5.32 Å². The second kappa shape index (κ2) is 9.14. The number of nitrogens with one attached hydrogen (secondary N) is 1. The van der Waals surface area contributed by atoms with E-state index in [1.165, 1.54) is 56.7 Å². The summed E-state index contributed by atoms with van der Waals surface area (Å²) in [6, 6.07) is 10.7. The molecule has 9 nitrogen and oxygen atoms in total. The van der Waals surface area contributed by atoms with Gasteiger partial charge in [-0.25, -0.2) is 4.79 Å². The number of methoxy groups -OCH3 is 2. The predicted molar refractivity (Wildman–Crippen MR) is 97.8 cm³/mol. The van der Waals surface area contributed by atoms with E-state index in [9.17, 15) is 19.7 Å². The molecule has 28 heavy (non-hydrogen) atoms. The molecule has 0 aromatic heterocycles. The minimum absolute atomic E-state index is 0.0699. The normalized spacial score (nSPS) is 11.0. The Morgan fingerprint density at radius 3 is 2.43 bits per heavy atom. The van der Waals surface area contributed by atoms with Gasteiger partial charge in [-0.05, 0) is 30.3 Å². The number of hydrogen-bond acceptors (Lipinski definition) is 7. The van der Waals surface area contributed by atoms with Crippen LogP contribution in [-0.4, -0.2) is 37.1 Å². The van der Waals surface area contributed by atoms with Crippen LogP contribution in [0.3, 0.4) is 0 Å². The number of rotatable bonds is 7. The molecule has 0 bridgehead atoms. The van der Waals surface area contributed by atoms with Crippen molar-refractivity contribution in [3.8, 4) is 11.8 Å². The fraction of sp³-hybridized carbons (Fsp3) is 0.211. The molecule has 0 aliphatic rings. The number of nitrogens with zero attached hydrogens (tertiary/aromatic N) is 2.